The van der Waals surface area contributed by atoms with Crippen molar-refractivity contribution in [3.05, 3.63) is 20.8 Å². The van der Waals surface area contributed by atoms with E-state index in [-0.39, 0.29) is 11.6 Å². The third-order valence-electron chi connectivity index (χ3n) is 5.01. The van der Waals surface area contributed by atoms with Crippen LogP contribution in [0.3, 0.4) is 0 Å². The molecule has 2 aliphatic rings. The standard InChI is InChI=1S/C15H23BrN2S/c16-13-11-19-10-12(13)14(17)15(6-2-3-7-15)18-8-4-1-5-9-18/h10-11,14H,1-9,17H2. The summed E-state index contributed by atoms with van der Waals surface area (Å²) in [5.74, 6) is 0. The highest BCUT2D eigenvalue weighted by Crippen LogP contribution is 2.46. The van der Waals surface area contributed by atoms with Crippen molar-refractivity contribution < 1.29 is 0 Å². The van der Waals surface area contributed by atoms with Gasteiger partial charge in [0.25, 0.3) is 0 Å². The lowest BCUT2D eigenvalue weighted by Gasteiger charge is -2.47. The van der Waals surface area contributed by atoms with E-state index in [0.29, 0.717) is 0 Å². The van der Waals surface area contributed by atoms with E-state index in [9.17, 15) is 0 Å². The highest BCUT2D eigenvalue weighted by atomic mass is 79.9. The predicted molar refractivity (Wildman–Crippen MR) is 85.6 cm³/mol. The van der Waals surface area contributed by atoms with Crippen LogP contribution < -0.4 is 5.73 Å². The monoisotopic (exact) mass is 342 g/mol. The van der Waals surface area contributed by atoms with Gasteiger partial charge in [0, 0.05) is 15.4 Å². The number of hydrogen-bond donors (Lipinski definition) is 1. The van der Waals surface area contributed by atoms with Gasteiger partial charge in [-0.15, -0.1) is 0 Å². The van der Waals surface area contributed by atoms with E-state index in [0.717, 1.165) is 0 Å². The Labute approximate surface area is 128 Å². The maximum absolute atomic E-state index is 6.75. The van der Waals surface area contributed by atoms with Crippen molar-refractivity contribution in [2.45, 2.75) is 56.5 Å². The number of piperidine rings is 1. The van der Waals surface area contributed by atoms with Gasteiger partial charge in [-0.1, -0.05) is 19.3 Å². The molecule has 0 radical (unpaired) electrons. The van der Waals surface area contributed by atoms with Gasteiger partial charge in [-0.3, -0.25) is 4.90 Å². The van der Waals surface area contributed by atoms with Crippen molar-refractivity contribution in [1.29, 1.82) is 0 Å². The lowest BCUT2D eigenvalue weighted by Crippen LogP contribution is -2.55. The molecule has 1 unspecified atom stereocenters. The summed E-state index contributed by atoms with van der Waals surface area (Å²) < 4.78 is 1.20. The molecule has 1 aromatic rings. The van der Waals surface area contributed by atoms with Crippen LogP contribution in [-0.4, -0.2) is 23.5 Å². The second kappa shape index (κ2) is 5.84. The molecule has 2 nitrogen and oxygen atoms in total. The van der Waals surface area contributed by atoms with E-state index in [4.69, 9.17) is 5.73 Å². The highest BCUT2D eigenvalue weighted by molar-refractivity contribution is 9.10. The maximum atomic E-state index is 6.75. The molecule has 2 N–H and O–H groups in total. The molecule has 1 saturated carbocycles. The summed E-state index contributed by atoms with van der Waals surface area (Å²) in [6.45, 7) is 2.49. The first-order valence-corrected chi connectivity index (χ1v) is 9.20. The molecule has 4 heteroatoms. The Morgan fingerprint density at radius 3 is 2.37 bits per heavy atom. The van der Waals surface area contributed by atoms with Crippen LogP contribution in [0.2, 0.25) is 0 Å². The Morgan fingerprint density at radius 1 is 1.11 bits per heavy atom. The lowest BCUT2D eigenvalue weighted by atomic mass is 9.82. The highest BCUT2D eigenvalue weighted by Gasteiger charge is 2.45. The Balaban J connectivity index is 1.89. The molecule has 0 amide bonds. The molecule has 1 atom stereocenters. The SMILES string of the molecule is NC(c1cscc1Br)C1(N2CCCCC2)CCCC1. The van der Waals surface area contributed by atoms with Gasteiger partial charge in [0.05, 0.1) is 6.04 Å². The van der Waals surface area contributed by atoms with E-state index < -0.39 is 0 Å². The smallest absolute Gasteiger partial charge is 0.0501 e. The summed E-state index contributed by atoms with van der Waals surface area (Å²) in [5.41, 5.74) is 8.29. The molecule has 1 aliphatic carbocycles. The third kappa shape index (κ3) is 2.53. The van der Waals surface area contributed by atoms with Crippen LogP contribution in [-0.2, 0) is 0 Å². The molecule has 2 heterocycles. The van der Waals surface area contributed by atoms with E-state index in [1.165, 1.54) is 68.1 Å². The van der Waals surface area contributed by atoms with Crippen LogP contribution in [0.15, 0.2) is 15.2 Å². The van der Waals surface area contributed by atoms with Crippen molar-refractivity contribution >= 4 is 27.3 Å². The Kier molecular flexibility index (Phi) is 4.32. The summed E-state index contributed by atoms with van der Waals surface area (Å²) in [4.78, 5) is 2.72. The molecule has 1 aromatic heterocycles. The van der Waals surface area contributed by atoms with Crippen molar-refractivity contribution in [2.24, 2.45) is 5.73 Å². The largest absolute Gasteiger partial charge is 0.322 e. The molecule has 2 fully saturated rings. The average molecular weight is 343 g/mol. The minimum absolute atomic E-state index is 0.161. The van der Waals surface area contributed by atoms with Gasteiger partial charge in [0.15, 0.2) is 0 Å². The summed E-state index contributed by atoms with van der Waals surface area (Å²) in [5, 5.41) is 4.40. The van der Waals surface area contributed by atoms with Gasteiger partial charge in [-0.25, -0.2) is 0 Å². The van der Waals surface area contributed by atoms with Gasteiger partial charge < -0.3 is 5.73 Å². The lowest BCUT2D eigenvalue weighted by molar-refractivity contribution is 0.0477. The minimum atomic E-state index is 0.161. The van der Waals surface area contributed by atoms with Gasteiger partial charge in [0.1, 0.15) is 0 Å². The predicted octanol–water partition coefficient (Wildman–Crippen LogP) is 4.31. The Morgan fingerprint density at radius 2 is 1.79 bits per heavy atom. The summed E-state index contributed by atoms with van der Waals surface area (Å²) in [6.07, 6.45) is 9.31. The molecule has 0 bridgehead atoms. The van der Waals surface area contributed by atoms with E-state index in [1.807, 2.05) is 0 Å². The van der Waals surface area contributed by atoms with Crippen molar-refractivity contribution in [3.8, 4) is 0 Å². The zero-order valence-corrected chi connectivity index (χ0v) is 13.8. The van der Waals surface area contributed by atoms with Gasteiger partial charge in [-0.2, -0.15) is 11.3 Å². The second-order valence-corrected chi connectivity index (χ2v) is 7.61. The number of thiophene rings is 1. The molecule has 1 aliphatic heterocycles. The van der Waals surface area contributed by atoms with E-state index >= 15 is 0 Å². The summed E-state index contributed by atoms with van der Waals surface area (Å²) >= 11 is 5.43. The van der Waals surface area contributed by atoms with Crippen molar-refractivity contribution in [2.75, 3.05) is 13.1 Å². The van der Waals surface area contributed by atoms with Crippen molar-refractivity contribution in [3.63, 3.8) is 0 Å². The van der Waals surface area contributed by atoms with E-state index in [1.54, 1.807) is 11.3 Å². The first-order chi connectivity index (χ1) is 9.24. The Hall–Kier alpha value is 0.1000. The quantitative estimate of drug-likeness (QED) is 0.886. The average Bonchev–Trinajstić information content (AvgIpc) is 3.08. The molecule has 3 rings (SSSR count). The van der Waals surface area contributed by atoms with Crippen LogP contribution in [0, 0.1) is 0 Å². The molecule has 106 valence electrons. The number of halogens is 1. The van der Waals surface area contributed by atoms with Crippen LogP contribution in [0.1, 0.15) is 56.6 Å². The molecular formula is C15H23BrN2S. The van der Waals surface area contributed by atoms with Gasteiger partial charge in [0.2, 0.25) is 0 Å². The topological polar surface area (TPSA) is 29.3 Å². The van der Waals surface area contributed by atoms with Crippen LogP contribution in [0.25, 0.3) is 0 Å². The fraction of sp³-hybridized carbons (Fsp3) is 0.733. The normalized spacial score (nSPS) is 25.6. The number of hydrogen-bond acceptors (Lipinski definition) is 3. The number of nitrogens with zero attached hydrogens (tertiary/aromatic N) is 1. The zero-order valence-electron chi connectivity index (χ0n) is 11.4. The fourth-order valence-electron chi connectivity index (χ4n) is 3.95. The molecular weight excluding hydrogens is 320 g/mol. The molecule has 0 aromatic carbocycles. The van der Waals surface area contributed by atoms with E-state index in [2.05, 4.69) is 31.6 Å². The number of rotatable bonds is 3. The molecule has 0 spiro atoms. The van der Waals surface area contributed by atoms with Crippen LogP contribution >= 0.6 is 27.3 Å². The van der Waals surface area contributed by atoms with Crippen LogP contribution in [0.5, 0.6) is 0 Å². The first kappa shape index (κ1) is 14.1. The molecule has 1 saturated heterocycles. The zero-order chi connectivity index (χ0) is 13.3. The third-order valence-corrected chi connectivity index (χ3v) is 6.76. The summed E-state index contributed by atoms with van der Waals surface area (Å²) in [6, 6.07) is 0.161. The summed E-state index contributed by atoms with van der Waals surface area (Å²) in [7, 11) is 0. The second-order valence-electron chi connectivity index (χ2n) is 6.01. The van der Waals surface area contributed by atoms with Gasteiger partial charge in [-0.05, 0) is 65.6 Å². The maximum Gasteiger partial charge on any atom is 0.0501 e. The van der Waals surface area contributed by atoms with Gasteiger partial charge >= 0.3 is 0 Å². The minimum Gasteiger partial charge on any atom is -0.322 e. The Bertz CT molecular complexity index is 420. The fourth-order valence-corrected chi connectivity index (χ4v) is 5.53. The first-order valence-electron chi connectivity index (χ1n) is 7.46. The number of nitrogens with two attached hydrogens (primary N) is 1. The number of likely N-dealkylation sites (tertiary alicyclic amines) is 1. The van der Waals surface area contributed by atoms with Crippen LogP contribution in [0.4, 0.5) is 0 Å². The molecule has 19 heavy (non-hydrogen) atoms. The van der Waals surface area contributed by atoms with Crippen molar-refractivity contribution in [1.82, 2.24) is 4.90 Å².